The molecule has 1 aromatic heterocycles. The van der Waals surface area contributed by atoms with Crippen molar-refractivity contribution in [3.05, 3.63) is 51.9 Å². The van der Waals surface area contributed by atoms with Crippen molar-refractivity contribution in [1.82, 2.24) is 10.3 Å². The summed E-state index contributed by atoms with van der Waals surface area (Å²) in [6.07, 6.45) is 4.16. The third kappa shape index (κ3) is 3.80. The highest BCUT2D eigenvalue weighted by Crippen LogP contribution is 2.28. The Labute approximate surface area is 131 Å². The Morgan fingerprint density at radius 3 is 2.90 bits per heavy atom. The maximum Gasteiger partial charge on any atom is 0.223 e. The van der Waals surface area contributed by atoms with Crippen LogP contribution in [0.25, 0.3) is 0 Å². The number of benzene rings is 1. The summed E-state index contributed by atoms with van der Waals surface area (Å²) in [4.78, 5) is 4.32. The van der Waals surface area contributed by atoms with E-state index in [9.17, 15) is 4.39 Å². The van der Waals surface area contributed by atoms with Crippen LogP contribution in [0.4, 0.5) is 4.39 Å². The van der Waals surface area contributed by atoms with Gasteiger partial charge >= 0.3 is 0 Å². The van der Waals surface area contributed by atoms with E-state index in [0.29, 0.717) is 29.8 Å². The molecule has 0 saturated heterocycles. The fourth-order valence-corrected chi connectivity index (χ4v) is 2.40. The molecule has 0 spiro atoms. The summed E-state index contributed by atoms with van der Waals surface area (Å²) in [5.74, 6) is 0.912. The Kier molecular flexibility index (Phi) is 4.22. The average molecular weight is 351 g/mol. The van der Waals surface area contributed by atoms with Crippen molar-refractivity contribution in [3.63, 3.8) is 0 Å². The summed E-state index contributed by atoms with van der Waals surface area (Å²) in [6, 6.07) is 7.31. The highest BCUT2D eigenvalue weighted by atomic mass is 79.9. The number of hydrogen-bond acceptors (Lipinski definition) is 3. The number of ether oxygens (including phenoxy) is 1. The summed E-state index contributed by atoms with van der Waals surface area (Å²) < 4.78 is 20.0. The maximum absolute atomic E-state index is 13.3. The number of nitrogens with zero attached hydrogens (tertiary/aromatic N) is 1. The minimum Gasteiger partial charge on any atom is -0.439 e. The minimum atomic E-state index is -0.235. The van der Waals surface area contributed by atoms with Crippen LogP contribution in [-0.4, -0.2) is 11.0 Å². The first-order valence-corrected chi connectivity index (χ1v) is 7.73. The molecule has 1 heterocycles. The molecular weight excluding hydrogens is 335 g/mol. The molecule has 1 aliphatic carbocycles. The molecule has 0 atom stereocenters. The first-order valence-electron chi connectivity index (χ1n) is 6.93. The molecule has 3 rings (SSSR count). The third-order valence-corrected chi connectivity index (χ3v) is 3.83. The zero-order chi connectivity index (χ0) is 14.8. The number of halogens is 2. The molecule has 3 nitrogen and oxygen atoms in total. The summed E-state index contributed by atoms with van der Waals surface area (Å²) >= 11 is 3.43. The molecule has 1 N–H and O–H groups in total. The summed E-state index contributed by atoms with van der Waals surface area (Å²) in [5, 5.41) is 3.45. The number of hydrogen-bond donors (Lipinski definition) is 1. The molecule has 0 unspecified atom stereocenters. The van der Waals surface area contributed by atoms with Gasteiger partial charge in [0.05, 0.1) is 0 Å². The molecule has 1 aliphatic rings. The fraction of sp³-hybridized carbons (Fsp3) is 0.312. The fourth-order valence-electron chi connectivity index (χ4n) is 2.02. The van der Waals surface area contributed by atoms with E-state index >= 15 is 0 Å². The van der Waals surface area contributed by atoms with Crippen LogP contribution in [-0.2, 0) is 6.54 Å². The van der Waals surface area contributed by atoms with Crippen molar-refractivity contribution in [2.75, 3.05) is 0 Å². The van der Waals surface area contributed by atoms with Gasteiger partial charge in [-0.25, -0.2) is 9.37 Å². The van der Waals surface area contributed by atoms with Crippen molar-refractivity contribution >= 4 is 15.9 Å². The van der Waals surface area contributed by atoms with Gasteiger partial charge in [-0.3, -0.25) is 0 Å². The largest absolute Gasteiger partial charge is 0.439 e. The van der Waals surface area contributed by atoms with Crippen molar-refractivity contribution in [2.24, 2.45) is 0 Å². The molecule has 0 aliphatic heterocycles. The quantitative estimate of drug-likeness (QED) is 0.870. The van der Waals surface area contributed by atoms with Crippen LogP contribution in [0.2, 0.25) is 0 Å². The van der Waals surface area contributed by atoms with E-state index < -0.39 is 0 Å². The molecule has 0 bridgehead atoms. The van der Waals surface area contributed by atoms with E-state index in [1.54, 1.807) is 25.3 Å². The molecule has 5 heteroatoms. The lowest BCUT2D eigenvalue weighted by Crippen LogP contribution is -2.16. The van der Waals surface area contributed by atoms with E-state index in [-0.39, 0.29) is 5.82 Å². The minimum absolute atomic E-state index is 0.235. The Hall–Kier alpha value is -1.46. The Balaban J connectivity index is 1.80. The normalized spacial score (nSPS) is 14.2. The van der Waals surface area contributed by atoms with E-state index in [1.165, 1.54) is 18.9 Å². The topological polar surface area (TPSA) is 34.1 Å². The van der Waals surface area contributed by atoms with Crippen LogP contribution >= 0.6 is 15.9 Å². The Bertz CT molecular complexity index is 659. The van der Waals surface area contributed by atoms with Gasteiger partial charge in [0, 0.05) is 28.8 Å². The van der Waals surface area contributed by atoms with Crippen LogP contribution < -0.4 is 10.1 Å². The third-order valence-electron chi connectivity index (χ3n) is 3.39. The number of aryl methyl sites for hydroxylation is 1. The van der Waals surface area contributed by atoms with Gasteiger partial charge < -0.3 is 10.1 Å². The first kappa shape index (κ1) is 14.5. The van der Waals surface area contributed by atoms with Gasteiger partial charge in [-0.1, -0.05) is 0 Å². The second kappa shape index (κ2) is 6.12. The first-order chi connectivity index (χ1) is 10.1. The van der Waals surface area contributed by atoms with Gasteiger partial charge in [0.15, 0.2) is 0 Å². The molecule has 1 aromatic carbocycles. The molecule has 2 aromatic rings. The summed E-state index contributed by atoms with van der Waals surface area (Å²) in [6.45, 7) is 2.43. The lowest BCUT2D eigenvalue weighted by Gasteiger charge is -2.11. The lowest BCUT2D eigenvalue weighted by atomic mass is 10.2. The van der Waals surface area contributed by atoms with E-state index in [2.05, 4.69) is 26.2 Å². The van der Waals surface area contributed by atoms with Gasteiger partial charge in [0.1, 0.15) is 11.6 Å². The smallest absolute Gasteiger partial charge is 0.223 e. The SMILES string of the molecule is Cc1cc(Oc2ncc(Br)cc2CNC2CC2)ccc1F. The molecular formula is C16H16BrFN2O. The standard InChI is InChI=1S/C16H16BrFN2O/c1-10-6-14(4-5-15(10)18)21-16-11(7-12(17)9-20-16)8-19-13-2-3-13/h4-7,9,13,19H,2-3,8H2,1H3. The van der Waals surface area contributed by atoms with Crippen LogP contribution in [0.1, 0.15) is 24.0 Å². The van der Waals surface area contributed by atoms with Gasteiger partial charge in [-0.15, -0.1) is 0 Å². The van der Waals surface area contributed by atoms with Crippen LogP contribution in [0, 0.1) is 12.7 Å². The van der Waals surface area contributed by atoms with Gasteiger partial charge in [0.25, 0.3) is 0 Å². The zero-order valence-corrected chi connectivity index (χ0v) is 13.3. The number of pyridine rings is 1. The lowest BCUT2D eigenvalue weighted by molar-refractivity contribution is 0.450. The molecule has 1 fully saturated rings. The van der Waals surface area contributed by atoms with Crippen molar-refractivity contribution < 1.29 is 9.13 Å². The maximum atomic E-state index is 13.3. The number of aromatic nitrogens is 1. The summed E-state index contributed by atoms with van der Waals surface area (Å²) in [7, 11) is 0. The molecule has 1 saturated carbocycles. The number of rotatable bonds is 5. The second-order valence-corrected chi connectivity index (χ2v) is 6.20. The Morgan fingerprint density at radius 1 is 1.38 bits per heavy atom. The monoisotopic (exact) mass is 350 g/mol. The van der Waals surface area contributed by atoms with E-state index in [1.807, 2.05) is 6.07 Å². The average Bonchev–Trinajstić information content (AvgIpc) is 3.27. The van der Waals surface area contributed by atoms with Gasteiger partial charge in [-0.05, 0) is 65.5 Å². The molecule has 21 heavy (non-hydrogen) atoms. The summed E-state index contributed by atoms with van der Waals surface area (Å²) in [5.41, 5.74) is 1.54. The van der Waals surface area contributed by atoms with Crippen LogP contribution in [0.15, 0.2) is 34.9 Å². The molecule has 0 amide bonds. The van der Waals surface area contributed by atoms with E-state index in [0.717, 1.165) is 10.0 Å². The Morgan fingerprint density at radius 2 is 2.19 bits per heavy atom. The van der Waals surface area contributed by atoms with Crippen LogP contribution in [0.3, 0.4) is 0 Å². The number of nitrogens with one attached hydrogen (secondary N) is 1. The highest BCUT2D eigenvalue weighted by molar-refractivity contribution is 9.10. The van der Waals surface area contributed by atoms with E-state index in [4.69, 9.17) is 4.74 Å². The van der Waals surface area contributed by atoms with Gasteiger partial charge in [-0.2, -0.15) is 0 Å². The highest BCUT2D eigenvalue weighted by Gasteiger charge is 2.21. The van der Waals surface area contributed by atoms with Crippen molar-refractivity contribution in [2.45, 2.75) is 32.4 Å². The second-order valence-electron chi connectivity index (χ2n) is 5.29. The van der Waals surface area contributed by atoms with Crippen molar-refractivity contribution in [3.8, 4) is 11.6 Å². The molecule has 110 valence electrons. The molecule has 0 radical (unpaired) electrons. The zero-order valence-electron chi connectivity index (χ0n) is 11.7. The van der Waals surface area contributed by atoms with Gasteiger partial charge in [0.2, 0.25) is 5.88 Å². The van der Waals surface area contributed by atoms with Crippen molar-refractivity contribution in [1.29, 1.82) is 0 Å². The van der Waals surface area contributed by atoms with Crippen LogP contribution in [0.5, 0.6) is 11.6 Å². The predicted octanol–water partition coefficient (Wildman–Crippen LogP) is 4.34. The predicted molar refractivity (Wildman–Crippen MR) is 83.0 cm³/mol.